The highest BCUT2D eigenvalue weighted by atomic mass is 35.5. The van der Waals surface area contributed by atoms with E-state index < -0.39 is 27.1 Å². The van der Waals surface area contributed by atoms with Crippen LogP contribution in [0.4, 0.5) is 0 Å². The van der Waals surface area contributed by atoms with Gasteiger partial charge in [0, 0.05) is 22.6 Å². The number of phenolic OH excluding ortho intramolecular Hbond substituents is 2. The van der Waals surface area contributed by atoms with Gasteiger partial charge in [0.1, 0.15) is 34.8 Å². The van der Waals surface area contributed by atoms with Gasteiger partial charge in [-0.15, -0.1) is 0 Å². The Morgan fingerprint density at radius 1 is 0.724 bits per heavy atom. The maximum Gasteiger partial charge on any atom is 0.368 e. The lowest BCUT2D eigenvalue weighted by atomic mass is 9.91. The molecular formula is C61H72ClNO11P2. The number of nitrogens with one attached hydrogen (secondary N) is 1. The molecule has 0 aromatic heterocycles. The van der Waals surface area contributed by atoms with E-state index in [2.05, 4.69) is 38.8 Å². The van der Waals surface area contributed by atoms with Gasteiger partial charge in [-0.3, -0.25) is 18.4 Å². The van der Waals surface area contributed by atoms with E-state index >= 15 is 0 Å². The lowest BCUT2D eigenvalue weighted by molar-refractivity contribution is -0.149. The van der Waals surface area contributed by atoms with Gasteiger partial charge in [0.2, 0.25) is 0 Å². The molecule has 0 amide bonds. The zero-order valence-electron chi connectivity index (χ0n) is 45.1. The zero-order valence-corrected chi connectivity index (χ0v) is 47.7. The second-order valence-corrected chi connectivity index (χ2v) is 25.4. The van der Waals surface area contributed by atoms with Gasteiger partial charge in [0.05, 0.1) is 18.8 Å². The van der Waals surface area contributed by atoms with Crippen molar-refractivity contribution in [1.29, 1.82) is 0 Å². The van der Waals surface area contributed by atoms with Crippen LogP contribution in [-0.4, -0.2) is 47.6 Å². The maximum atomic E-state index is 13.9. The van der Waals surface area contributed by atoms with E-state index in [0.29, 0.717) is 58.6 Å². The highest BCUT2D eigenvalue weighted by Crippen LogP contribution is 2.56. The van der Waals surface area contributed by atoms with Crippen LogP contribution in [0, 0.1) is 27.7 Å². The number of hydrogen-bond acceptors (Lipinski definition) is 11. The van der Waals surface area contributed by atoms with Crippen molar-refractivity contribution in [2.75, 3.05) is 19.3 Å². The van der Waals surface area contributed by atoms with Crippen molar-refractivity contribution in [3.05, 3.63) is 180 Å². The summed E-state index contributed by atoms with van der Waals surface area (Å²) in [7, 11) is -7.10. The highest BCUT2D eigenvalue weighted by Gasteiger charge is 2.36. The summed E-state index contributed by atoms with van der Waals surface area (Å²) in [4.78, 5) is 12.4. The van der Waals surface area contributed by atoms with E-state index in [1.807, 2.05) is 80.6 Å². The molecule has 2 aliphatic carbocycles. The number of para-hydroxylation sites is 1. The third-order valence-electron chi connectivity index (χ3n) is 14.6. The molecule has 2 unspecified atom stereocenters. The summed E-state index contributed by atoms with van der Waals surface area (Å²) in [6.45, 7) is 18.0. The fourth-order valence-corrected chi connectivity index (χ4v) is 14.1. The molecule has 1 aliphatic heterocycles. The van der Waals surface area contributed by atoms with Crippen LogP contribution in [-0.2, 0) is 53.4 Å². The number of benzene rings is 6. The Morgan fingerprint density at radius 2 is 1.26 bits per heavy atom. The molecule has 1 heterocycles. The van der Waals surface area contributed by atoms with Crippen LogP contribution in [0.1, 0.15) is 144 Å². The van der Waals surface area contributed by atoms with Crippen LogP contribution in [0.25, 0.3) is 0 Å². The molecule has 3 N–H and O–H groups in total. The zero-order chi connectivity index (χ0) is 54.5. The monoisotopic (exact) mass is 1090 g/mol. The number of carbonyl (C=O) groups is 1. The van der Waals surface area contributed by atoms with Crippen molar-refractivity contribution < 1.29 is 51.9 Å². The van der Waals surface area contributed by atoms with Gasteiger partial charge in [-0.25, -0.2) is 5.09 Å². The topological polar surface area (TPSA) is 159 Å². The Morgan fingerprint density at radius 3 is 1.79 bits per heavy atom. The van der Waals surface area contributed by atoms with Crippen molar-refractivity contribution in [1.82, 2.24) is 5.09 Å². The molecule has 15 heteroatoms. The number of carbonyl (C=O) groups excluding carboxylic acids is 1. The van der Waals surface area contributed by atoms with Gasteiger partial charge in [-0.1, -0.05) is 67.9 Å². The molecule has 0 bridgehead atoms. The molecule has 1 fully saturated rings. The molecule has 6 aromatic rings. The van der Waals surface area contributed by atoms with Crippen molar-refractivity contribution in [2.45, 2.75) is 137 Å². The first kappa shape index (κ1) is 56.6. The van der Waals surface area contributed by atoms with Crippen LogP contribution < -0.4 is 19.1 Å². The van der Waals surface area contributed by atoms with E-state index in [-0.39, 0.29) is 24.9 Å². The Kier molecular flexibility index (Phi) is 18.2. The normalized spacial score (nSPS) is 19.9. The van der Waals surface area contributed by atoms with E-state index in [9.17, 15) is 24.1 Å². The molecule has 0 radical (unpaired) electrons. The van der Waals surface area contributed by atoms with E-state index in [1.165, 1.54) is 33.4 Å². The number of fused-ring (bicyclic) bond motifs is 2. The minimum atomic E-state index is -3.67. The van der Waals surface area contributed by atoms with E-state index in [0.717, 1.165) is 77.5 Å². The standard InChI is InChI=1S/C32H40NO6P.C29H32ClO5P/c1-20(2)38-32(35)24(6)33-40(36,39-26-10-8-7-9-11-26)19-37-27-16-22(4)29(23(5)17-27)18-25-13-15-30(34)31-21(3)12-14-28(25)31;1-18-7-9-25-21(8-10-27(31)29(18)25)16-26-19(2)13-24(14-20(26)3)33-17-36(32)34-12-11-28(35-36)22-5-4-6-23(30)15-22/h7-11,13,15-17,20-21,24,34H,12,14,18-19H2,1-6H3,(H,33,36);4-6,8,10,13-15,18,28,31H,7,9,11-12,16-17H2,1-3H3/t21?,24-,40+;18?,28-,36+/m00/s1. The summed E-state index contributed by atoms with van der Waals surface area (Å²) in [5.74, 6) is 2.67. The summed E-state index contributed by atoms with van der Waals surface area (Å²) in [5, 5.41) is 24.2. The minimum Gasteiger partial charge on any atom is -0.508 e. The third kappa shape index (κ3) is 13.7. The first-order chi connectivity index (χ1) is 36.2. The molecule has 9 rings (SSSR count). The van der Waals surface area contributed by atoms with Gasteiger partial charge in [-0.05, 0) is 221 Å². The van der Waals surface area contributed by atoms with Gasteiger partial charge < -0.3 is 33.5 Å². The van der Waals surface area contributed by atoms with Crippen molar-refractivity contribution in [2.24, 2.45) is 0 Å². The van der Waals surface area contributed by atoms with E-state index in [1.54, 1.807) is 51.1 Å². The van der Waals surface area contributed by atoms with Crippen LogP contribution in [0.3, 0.4) is 0 Å². The average Bonchev–Trinajstić information content (AvgIpc) is 3.97. The SMILES string of the molecule is Cc1cc(OC[P@@]2(=O)OCC[C@@H](c3cccc(Cl)c3)O2)cc(C)c1Cc1ccc(O)c2c1CCC2C.Cc1cc(OC[P@](=O)(N[C@@H](C)C(=O)OC(C)C)Oc2ccccc2)cc(C)c1Cc1ccc(O)c2c1CCC2C. The smallest absolute Gasteiger partial charge is 0.368 e. The second-order valence-electron chi connectivity index (χ2n) is 20.9. The lowest BCUT2D eigenvalue weighted by Gasteiger charge is -2.30. The Hall–Kier alpha value is -5.58. The summed E-state index contributed by atoms with van der Waals surface area (Å²) in [6.07, 6.45) is 5.23. The first-order valence-corrected chi connectivity index (χ1v) is 30.2. The van der Waals surface area contributed by atoms with Gasteiger partial charge in [-0.2, -0.15) is 0 Å². The summed E-state index contributed by atoms with van der Waals surface area (Å²) in [5.41, 5.74) is 14.9. The first-order valence-electron chi connectivity index (χ1n) is 26.3. The van der Waals surface area contributed by atoms with Crippen LogP contribution in [0.2, 0.25) is 5.02 Å². The second kappa shape index (κ2) is 24.4. The molecular weight excluding hydrogens is 1020 g/mol. The van der Waals surface area contributed by atoms with Crippen molar-refractivity contribution in [3.63, 3.8) is 0 Å². The molecule has 12 nitrogen and oxygen atoms in total. The van der Waals surface area contributed by atoms with Crippen LogP contribution in [0.5, 0.6) is 28.7 Å². The maximum absolute atomic E-state index is 13.9. The third-order valence-corrected chi connectivity index (χ3v) is 18.2. The fourth-order valence-electron chi connectivity index (χ4n) is 10.8. The number of phenols is 2. The quantitative estimate of drug-likeness (QED) is 0.0587. The van der Waals surface area contributed by atoms with Crippen molar-refractivity contribution in [3.8, 4) is 28.7 Å². The predicted molar refractivity (Wildman–Crippen MR) is 300 cm³/mol. The Balaban J connectivity index is 0.000000202. The molecule has 404 valence electrons. The number of esters is 1. The number of hydrogen-bond donors (Lipinski definition) is 3. The largest absolute Gasteiger partial charge is 0.508 e. The van der Waals surface area contributed by atoms with E-state index in [4.69, 9.17) is 39.4 Å². The molecule has 0 spiro atoms. The van der Waals surface area contributed by atoms with Crippen LogP contribution >= 0.6 is 26.7 Å². The van der Waals surface area contributed by atoms with Gasteiger partial charge in [0.15, 0.2) is 12.7 Å². The number of ether oxygens (including phenoxy) is 3. The molecule has 0 saturated carbocycles. The highest BCUT2D eigenvalue weighted by molar-refractivity contribution is 7.57. The number of halogens is 1. The number of aryl methyl sites for hydroxylation is 4. The summed E-state index contributed by atoms with van der Waals surface area (Å²) in [6, 6.07) is 30.9. The van der Waals surface area contributed by atoms with Crippen LogP contribution in [0.15, 0.2) is 103 Å². The number of rotatable bonds is 17. The van der Waals surface area contributed by atoms with Crippen molar-refractivity contribution >= 4 is 32.7 Å². The molecule has 6 aromatic carbocycles. The minimum absolute atomic E-state index is 0.147. The Labute approximate surface area is 453 Å². The average molecular weight is 1090 g/mol. The predicted octanol–water partition coefficient (Wildman–Crippen LogP) is 15.2. The Bertz CT molecular complexity index is 3120. The lowest BCUT2D eigenvalue weighted by Crippen LogP contribution is -2.36. The molecule has 3 aliphatic rings. The summed E-state index contributed by atoms with van der Waals surface area (Å²) >= 11 is 6.12. The number of aromatic hydroxyl groups is 2. The summed E-state index contributed by atoms with van der Waals surface area (Å²) < 4.78 is 61.8. The molecule has 6 atom stereocenters. The van der Waals surface area contributed by atoms with Gasteiger partial charge in [0.25, 0.3) is 0 Å². The molecule has 76 heavy (non-hydrogen) atoms. The fraction of sp³-hybridized carbons (Fsp3) is 0.393. The van der Waals surface area contributed by atoms with Gasteiger partial charge >= 0.3 is 21.1 Å². The molecule has 1 saturated heterocycles.